The lowest BCUT2D eigenvalue weighted by Gasteiger charge is -2.24. The fraction of sp³-hybridized carbons (Fsp3) is 0.381. The third-order valence-electron chi connectivity index (χ3n) is 4.14. The van der Waals surface area contributed by atoms with Gasteiger partial charge in [0.2, 0.25) is 0 Å². The van der Waals surface area contributed by atoms with Crippen LogP contribution in [0.3, 0.4) is 0 Å². The van der Waals surface area contributed by atoms with Gasteiger partial charge in [0.05, 0.1) is 18.8 Å². The Morgan fingerprint density at radius 2 is 1.64 bits per heavy atom. The van der Waals surface area contributed by atoms with Crippen molar-refractivity contribution in [1.29, 1.82) is 0 Å². The molecule has 152 valence electrons. The maximum atomic E-state index is 12.1. The summed E-state index contributed by atoms with van der Waals surface area (Å²) in [5.74, 6) is -0.246. The first-order valence-corrected chi connectivity index (χ1v) is 10.9. The van der Waals surface area contributed by atoms with Gasteiger partial charge in [-0.2, -0.15) is 8.42 Å². The molecule has 2 N–H and O–H groups in total. The Kier molecular flexibility index (Phi) is 7.60. The highest BCUT2D eigenvalue weighted by Gasteiger charge is 2.24. The van der Waals surface area contributed by atoms with Crippen LogP contribution in [0, 0.1) is 0 Å². The molecular weight excluding hydrogens is 378 g/mol. The van der Waals surface area contributed by atoms with Crippen molar-refractivity contribution in [3.05, 3.63) is 65.7 Å². The van der Waals surface area contributed by atoms with Gasteiger partial charge in [0.25, 0.3) is 0 Å². The molecular formula is C21H27NO5S. The minimum atomic E-state index is -3.59. The van der Waals surface area contributed by atoms with Crippen molar-refractivity contribution in [3.63, 3.8) is 0 Å². The normalized spacial score (nSPS) is 13.8. The fourth-order valence-electron chi connectivity index (χ4n) is 2.98. The fourth-order valence-corrected chi connectivity index (χ4v) is 3.44. The summed E-state index contributed by atoms with van der Waals surface area (Å²) >= 11 is 0. The first-order chi connectivity index (χ1) is 13.1. The molecule has 0 spiro atoms. The lowest BCUT2D eigenvalue weighted by atomic mass is 9.85. The number of rotatable bonds is 9. The maximum Gasteiger partial charge on any atom is 0.307 e. The summed E-state index contributed by atoms with van der Waals surface area (Å²) in [6.07, 6.45) is 1.54. The Morgan fingerprint density at radius 1 is 1.04 bits per heavy atom. The van der Waals surface area contributed by atoms with E-state index < -0.39 is 16.2 Å². The molecule has 0 aromatic heterocycles. The van der Waals surface area contributed by atoms with E-state index in [-0.39, 0.29) is 30.2 Å². The maximum absolute atomic E-state index is 12.1. The summed E-state index contributed by atoms with van der Waals surface area (Å²) < 4.78 is 32.7. The number of hydrogen-bond donors (Lipinski definition) is 1. The highest BCUT2D eigenvalue weighted by Crippen LogP contribution is 2.27. The van der Waals surface area contributed by atoms with E-state index >= 15 is 0 Å². The second-order valence-electron chi connectivity index (χ2n) is 7.06. The van der Waals surface area contributed by atoms with Crippen LogP contribution in [0.15, 0.2) is 54.6 Å². The molecule has 0 radical (unpaired) electrons. The van der Waals surface area contributed by atoms with Gasteiger partial charge >= 0.3 is 16.1 Å². The van der Waals surface area contributed by atoms with E-state index in [0.29, 0.717) is 6.42 Å². The van der Waals surface area contributed by atoms with Crippen molar-refractivity contribution in [2.24, 2.45) is 5.73 Å². The van der Waals surface area contributed by atoms with Gasteiger partial charge in [0.15, 0.2) is 0 Å². The molecule has 2 aromatic rings. The number of hydrogen-bond acceptors (Lipinski definition) is 6. The molecule has 2 aromatic carbocycles. The van der Waals surface area contributed by atoms with Gasteiger partial charge < -0.3 is 14.7 Å². The summed E-state index contributed by atoms with van der Waals surface area (Å²) in [7, 11) is -3.59. The quantitative estimate of drug-likeness (QED) is 0.509. The highest BCUT2D eigenvalue weighted by molar-refractivity contribution is 7.86. The van der Waals surface area contributed by atoms with Crippen molar-refractivity contribution in [2.45, 2.75) is 44.8 Å². The van der Waals surface area contributed by atoms with Crippen LogP contribution < -0.4 is 9.92 Å². The van der Waals surface area contributed by atoms with Gasteiger partial charge in [0.1, 0.15) is 5.75 Å². The molecule has 2 rings (SSSR count). The number of ether oxygens (including phenoxy) is 1. The highest BCUT2D eigenvalue weighted by atomic mass is 32.2. The Balaban J connectivity index is 2.23. The van der Waals surface area contributed by atoms with Gasteiger partial charge in [-0.05, 0) is 43.5 Å². The second-order valence-corrected chi connectivity index (χ2v) is 8.63. The molecule has 0 amide bonds. The van der Waals surface area contributed by atoms with E-state index in [1.807, 2.05) is 30.3 Å². The molecule has 0 aliphatic carbocycles. The zero-order valence-corrected chi connectivity index (χ0v) is 17.2. The van der Waals surface area contributed by atoms with Gasteiger partial charge in [-0.25, -0.2) is 0 Å². The molecule has 0 bridgehead atoms. The van der Waals surface area contributed by atoms with Crippen LogP contribution in [0.1, 0.15) is 37.3 Å². The molecule has 2 unspecified atom stereocenters. The Labute approximate surface area is 166 Å². The number of esters is 1. The van der Waals surface area contributed by atoms with Gasteiger partial charge in [-0.1, -0.05) is 42.5 Å². The molecule has 0 aliphatic rings. The van der Waals surface area contributed by atoms with Crippen LogP contribution in [0.2, 0.25) is 0 Å². The Hall–Kier alpha value is -2.38. The molecule has 2 atom stereocenters. The monoisotopic (exact) mass is 405 g/mol. The van der Waals surface area contributed by atoms with Crippen LogP contribution in [0.4, 0.5) is 0 Å². The van der Waals surface area contributed by atoms with E-state index in [4.69, 9.17) is 14.7 Å². The summed E-state index contributed by atoms with van der Waals surface area (Å²) in [6.45, 7) is 3.59. The lowest BCUT2D eigenvalue weighted by Crippen LogP contribution is -2.33. The Bertz CT molecular complexity index is 863. The molecule has 0 fully saturated rings. The van der Waals surface area contributed by atoms with Crippen molar-refractivity contribution in [3.8, 4) is 5.75 Å². The Morgan fingerprint density at radius 3 is 2.18 bits per heavy atom. The first kappa shape index (κ1) is 21.9. The number of nitrogens with two attached hydrogens (primary N) is 1. The smallest absolute Gasteiger partial charge is 0.307 e. The standard InChI is InChI=1S/C21H27NO5S/c1-15(2)26-21(23)14-20(22)19(13-16-7-5-4-6-8-16)17-9-11-18(12-10-17)27-28(3,24)25/h4-12,15,19-20H,13-14,22H2,1-3H3. The minimum absolute atomic E-state index is 0.0945. The van der Waals surface area contributed by atoms with Crippen LogP contribution in [0.25, 0.3) is 0 Å². The van der Waals surface area contributed by atoms with Crippen LogP contribution in [0.5, 0.6) is 5.75 Å². The number of benzene rings is 2. The average Bonchev–Trinajstić information content (AvgIpc) is 2.59. The lowest BCUT2D eigenvalue weighted by molar-refractivity contribution is -0.147. The zero-order chi connectivity index (χ0) is 20.7. The van der Waals surface area contributed by atoms with Crippen LogP contribution in [-0.2, 0) is 26.1 Å². The topological polar surface area (TPSA) is 95.7 Å². The third-order valence-corrected chi connectivity index (χ3v) is 4.64. The van der Waals surface area contributed by atoms with Gasteiger partial charge in [0, 0.05) is 12.0 Å². The SMILES string of the molecule is CC(C)OC(=O)CC(N)C(Cc1ccccc1)c1ccc(OS(C)(=O)=O)cc1. The molecule has 6 nitrogen and oxygen atoms in total. The molecule has 0 heterocycles. The van der Waals surface area contributed by atoms with Gasteiger partial charge in [-0.3, -0.25) is 4.79 Å². The second kappa shape index (κ2) is 9.71. The largest absolute Gasteiger partial charge is 0.463 e. The number of carbonyl (C=O) groups excluding carboxylic acids is 1. The van der Waals surface area contributed by atoms with Gasteiger partial charge in [-0.15, -0.1) is 0 Å². The van der Waals surface area contributed by atoms with Crippen molar-refractivity contribution < 1.29 is 22.1 Å². The zero-order valence-electron chi connectivity index (χ0n) is 16.4. The summed E-state index contributed by atoms with van der Waals surface area (Å²) in [4.78, 5) is 12.1. The third kappa shape index (κ3) is 7.32. The predicted octanol–water partition coefficient (Wildman–Crippen LogP) is 3.02. The number of carbonyl (C=O) groups is 1. The van der Waals surface area contributed by atoms with Crippen LogP contribution in [-0.4, -0.2) is 32.8 Å². The van der Waals surface area contributed by atoms with Crippen molar-refractivity contribution in [2.75, 3.05) is 6.26 Å². The minimum Gasteiger partial charge on any atom is -0.463 e. The van der Waals surface area contributed by atoms with Crippen LogP contribution >= 0.6 is 0 Å². The average molecular weight is 406 g/mol. The summed E-state index contributed by atoms with van der Waals surface area (Å²) in [6, 6.07) is 16.1. The molecule has 28 heavy (non-hydrogen) atoms. The molecule has 0 saturated carbocycles. The first-order valence-electron chi connectivity index (χ1n) is 9.12. The molecule has 0 aliphatic heterocycles. The van der Waals surface area contributed by atoms with E-state index in [1.54, 1.807) is 38.1 Å². The van der Waals surface area contributed by atoms with Crippen molar-refractivity contribution in [1.82, 2.24) is 0 Å². The summed E-state index contributed by atoms with van der Waals surface area (Å²) in [5.41, 5.74) is 8.38. The van der Waals surface area contributed by atoms with E-state index in [9.17, 15) is 13.2 Å². The van der Waals surface area contributed by atoms with E-state index in [2.05, 4.69) is 0 Å². The van der Waals surface area contributed by atoms with Crippen molar-refractivity contribution >= 4 is 16.1 Å². The predicted molar refractivity (Wildman–Crippen MR) is 109 cm³/mol. The van der Waals surface area contributed by atoms with E-state index in [1.165, 1.54) is 0 Å². The van der Waals surface area contributed by atoms with E-state index in [0.717, 1.165) is 17.4 Å². The summed E-state index contributed by atoms with van der Waals surface area (Å²) in [5, 5.41) is 0. The molecule has 7 heteroatoms. The molecule has 0 saturated heterocycles.